The monoisotopic (exact) mass is 597 g/mol. The Morgan fingerprint density at radius 1 is 0.383 bits per heavy atom. The van der Waals surface area contributed by atoms with Gasteiger partial charge in [0.15, 0.2) is 5.82 Å². The molecule has 3 heteroatoms. The third kappa shape index (κ3) is 3.87. The van der Waals surface area contributed by atoms with E-state index >= 15 is 0 Å². The lowest BCUT2D eigenvalue weighted by Gasteiger charge is -2.12. The Labute approximate surface area is 271 Å². The maximum absolute atomic E-state index is 5.30. The maximum atomic E-state index is 5.30. The molecule has 0 aliphatic rings. The second kappa shape index (κ2) is 10.1. The summed E-state index contributed by atoms with van der Waals surface area (Å²) in [4.78, 5) is 10.6. The Balaban J connectivity index is 1.35. The average Bonchev–Trinajstić information content (AvgIpc) is 3.50. The van der Waals surface area contributed by atoms with Crippen LogP contribution in [0.15, 0.2) is 164 Å². The first-order chi connectivity index (χ1) is 23.3. The fourth-order valence-corrected chi connectivity index (χ4v) is 7.46. The number of para-hydroxylation sites is 1. The van der Waals surface area contributed by atoms with E-state index in [4.69, 9.17) is 9.97 Å². The number of rotatable bonds is 3. The van der Waals surface area contributed by atoms with E-state index in [9.17, 15) is 0 Å². The van der Waals surface area contributed by atoms with Gasteiger partial charge in [-0.2, -0.15) is 0 Å². The molecule has 3 nitrogen and oxygen atoms in total. The number of benzene rings is 7. The zero-order chi connectivity index (χ0) is 30.9. The van der Waals surface area contributed by atoms with E-state index in [1.54, 1.807) is 0 Å². The Morgan fingerprint density at radius 2 is 1.02 bits per heavy atom. The summed E-state index contributed by atoms with van der Waals surface area (Å²) in [5, 5.41) is 8.28. The van der Waals surface area contributed by atoms with Crippen LogP contribution < -0.4 is 0 Å². The quantitative estimate of drug-likeness (QED) is 0.190. The summed E-state index contributed by atoms with van der Waals surface area (Å²) in [6, 6.07) is 58.3. The van der Waals surface area contributed by atoms with Gasteiger partial charge in [-0.3, -0.25) is 0 Å². The van der Waals surface area contributed by atoms with E-state index in [1.165, 1.54) is 49.1 Å². The second-order valence-corrected chi connectivity index (χ2v) is 12.2. The SMILES string of the molecule is c1ccc(-c2nc(-c3ccc4c(-c5ccccc5)c5c6ccccc6c6ccccc6n5c4c3)nc3c2ccc2ccccc23)cc1. The molecule has 7 aromatic carbocycles. The molecule has 0 saturated heterocycles. The van der Waals surface area contributed by atoms with Crippen LogP contribution in [0.5, 0.6) is 0 Å². The van der Waals surface area contributed by atoms with Crippen LogP contribution >= 0.6 is 0 Å². The van der Waals surface area contributed by atoms with Gasteiger partial charge in [0.05, 0.1) is 27.8 Å². The molecular weight excluding hydrogens is 571 g/mol. The van der Waals surface area contributed by atoms with Crippen molar-refractivity contribution in [3.05, 3.63) is 164 Å². The zero-order valence-corrected chi connectivity index (χ0v) is 25.4. The summed E-state index contributed by atoms with van der Waals surface area (Å²) in [5.74, 6) is 0.718. The summed E-state index contributed by atoms with van der Waals surface area (Å²) in [7, 11) is 0. The Bertz CT molecular complexity index is 2830. The molecule has 3 heterocycles. The molecule has 47 heavy (non-hydrogen) atoms. The number of pyridine rings is 1. The van der Waals surface area contributed by atoms with Crippen LogP contribution in [-0.2, 0) is 0 Å². The smallest absolute Gasteiger partial charge is 0.160 e. The molecule has 218 valence electrons. The van der Waals surface area contributed by atoms with Gasteiger partial charge in [-0.05, 0) is 34.5 Å². The van der Waals surface area contributed by atoms with E-state index in [2.05, 4.69) is 162 Å². The van der Waals surface area contributed by atoms with Crippen molar-refractivity contribution in [1.29, 1.82) is 0 Å². The minimum atomic E-state index is 0.718. The van der Waals surface area contributed by atoms with Gasteiger partial charge < -0.3 is 4.40 Å². The fraction of sp³-hybridized carbons (Fsp3) is 0. The molecule has 10 aromatic rings. The molecule has 0 saturated carbocycles. The van der Waals surface area contributed by atoms with Crippen LogP contribution in [0.3, 0.4) is 0 Å². The third-order valence-electron chi connectivity index (χ3n) is 9.54. The Morgan fingerprint density at radius 3 is 1.83 bits per heavy atom. The van der Waals surface area contributed by atoms with E-state index in [-0.39, 0.29) is 0 Å². The lowest BCUT2D eigenvalue weighted by atomic mass is 9.98. The lowest BCUT2D eigenvalue weighted by Crippen LogP contribution is -1.96. The molecule has 0 radical (unpaired) electrons. The largest absolute Gasteiger partial charge is 0.308 e. The van der Waals surface area contributed by atoms with Crippen molar-refractivity contribution in [2.75, 3.05) is 0 Å². The van der Waals surface area contributed by atoms with Gasteiger partial charge in [-0.1, -0.05) is 146 Å². The van der Waals surface area contributed by atoms with Crippen LogP contribution in [0.2, 0.25) is 0 Å². The number of hydrogen-bond acceptors (Lipinski definition) is 2. The molecule has 0 aliphatic heterocycles. The van der Waals surface area contributed by atoms with Gasteiger partial charge in [0.1, 0.15) is 0 Å². The molecule has 0 unspecified atom stereocenters. The van der Waals surface area contributed by atoms with Gasteiger partial charge in [0, 0.05) is 43.6 Å². The first-order valence-corrected chi connectivity index (χ1v) is 16.0. The van der Waals surface area contributed by atoms with Gasteiger partial charge in [-0.25, -0.2) is 9.97 Å². The number of aromatic nitrogens is 3. The summed E-state index contributed by atoms with van der Waals surface area (Å²) in [6.07, 6.45) is 0. The first kappa shape index (κ1) is 26.0. The molecule has 0 bridgehead atoms. The molecule has 0 N–H and O–H groups in total. The van der Waals surface area contributed by atoms with E-state index < -0.39 is 0 Å². The Hall–Kier alpha value is -6.32. The molecule has 10 rings (SSSR count). The number of nitrogens with zero attached hydrogens (tertiary/aromatic N) is 3. The molecule has 0 fully saturated rings. The maximum Gasteiger partial charge on any atom is 0.160 e. The van der Waals surface area contributed by atoms with Crippen LogP contribution in [0.25, 0.3) is 93.5 Å². The van der Waals surface area contributed by atoms with Crippen molar-refractivity contribution >= 4 is 59.8 Å². The molecule has 3 aromatic heterocycles. The Kier molecular flexibility index (Phi) is 5.57. The van der Waals surface area contributed by atoms with Gasteiger partial charge in [0.25, 0.3) is 0 Å². The topological polar surface area (TPSA) is 30.2 Å². The van der Waals surface area contributed by atoms with Crippen LogP contribution in [0, 0.1) is 0 Å². The normalized spacial score (nSPS) is 11.8. The fourth-order valence-electron chi connectivity index (χ4n) is 7.46. The predicted octanol–water partition coefficient (Wildman–Crippen LogP) is 11.5. The van der Waals surface area contributed by atoms with Gasteiger partial charge in [-0.15, -0.1) is 0 Å². The van der Waals surface area contributed by atoms with E-state index in [0.29, 0.717) is 0 Å². The highest BCUT2D eigenvalue weighted by Crippen LogP contribution is 2.43. The lowest BCUT2D eigenvalue weighted by molar-refractivity contribution is 1.23. The van der Waals surface area contributed by atoms with Gasteiger partial charge >= 0.3 is 0 Å². The summed E-state index contributed by atoms with van der Waals surface area (Å²) in [5.41, 5.74) is 9.95. The molecular formula is C44H27N3. The summed E-state index contributed by atoms with van der Waals surface area (Å²) >= 11 is 0. The molecule has 0 spiro atoms. The van der Waals surface area contributed by atoms with Crippen molar-refractivity contribution in [2.24, 2.45) is 0 Å². The van der Waals surface area contributed by atoms with Crippen molar-refractivity contribution in [1.82, 2.24) is 14.4 Å². The highest BCUT2D eigenvalue weighted by Gasteiger charge is 2.21. The van der Waals surface area contributed by atoms with Crippen molar-refractivity contribution < 1.29 is 0 Å². The molecule has 0 aliphatic carbocycles. The standard InChI is InChI=1S/C44H27N3/c1-3-14-29(15-4-1)40-36-25-24-31(27-39(36)47-38-22-12-11-20-34(38)33-19-9-10-21-35(33)43(40)47)44-45-41(30-16-5-2-6-17-30)37-26-23-28-13-7-8-18-32(28)42(37)46-44/h1-27H. The third-order valence-corrected chi connectivity index (χ3v) is 9.54. The first-order valence-electron chi connectivity index (χ1n) is 16.0. The van der Waals surface area contributed by atoms with E-state index in [0.717, 1.165) is 44.5 Å². The van der Waals surface area contributed by atoms with Gasteiger partial charge in [0.2, 0.25) is 0 Å². The zero-order valence-electron chi connectivity index (χ0n) is 25.4. The number of hydrogen-bond donors (Lipinski definition) is 0. The highest BCUT2D eigenvalue weighted by atomic mass is 14.9. The highest BCUT2D eigenvalue weighted by molar-refractivity contribution is 6.22. The molecule has 0 amide bonds. The van der Waals surface area contributed by atoms with Crippen molar-refractivity contribution in [3.8, 4) is 33.8 Å². The number of fused-ring (bicyclic) bond motifs is 11. The summed E-state index contributed by atoms with van der Waals surface area (Å²) < 4.78 is 2.45. The van der Waals surface area contributed by atoms with Crippen LogP contribution in [-0.4, -0.2) is 14.4 Å². The predicted molar refractivity (Wildman–Crippen MR) is 197 cm³/mol. The minimum Gasteiger partial charge on any atom is -0.308 e. The minimum absolute atomic E-state index is 0.718. The van der Waals surface area contributed by atoms with E-state index in [1.807, 2.05) is 6.07 Å². The average molecular weight is 598 g/mol. The molecule has 0 atom stereocenters. The van der Waals surface area contributed by atoms with Crippen molar-refractivity contribution in [3.63, 3.8) is 0 Å². The van der Waals surface area contributed by atoms with Crippen LogP contribution in [0.1, 0.15) is 0 Å². The van der Waals surface area contributed by atoms with Crippen LogP contribution in [0.4, 0.5) is 0 Å². The second-order valence-electron chi connectivity index (χ2n) is 12.2. The summed E-state index contributed by atoms with van der Waals surface area (Å²) in [6.45, 7) is 0. The van der Waals surface area contributed by atoms with Crippen molar-refractivity contribution in [2.45, 2.75) is 0 Å².